The summed E-state index contributed by atoms with van der Waals surface area (Å²) in [6.07, 6.45) is 23.0. The van der Waals surface area contributed by atoms with Crippen molar-refractivity contribution < 1.29 is 4.42 Å². The molecule has 1 aliphatic heterocycles. The lowest BCUT2D eigenvalue weighted by molar-refractivity contribution is 0.533. The lowest BCUT2D eigenvalue weighted by atomic mass is 9.78. The summed E-state index contributed by atoms with van der Waals surface area (Å²) < 4.78 is 6.66. The highest BCUT2D eigenvalue weighted by Gasteiger charge is 2.41. The Labute approximate surface area is 298 Å². The van der Waals surface area contributed by atoms with Crippen LogP contribution in [-0.4, -0.2) is 21.0 Å². The van der Waals surface area contributed by atoms with Crippen LogP contribution in [0.1, 0.15) is 66.7 Å². The molecule has 0 fully saturated rings. The van der Waals surface area contributed by atoms with Gasteiger partial charge in [0, 0.05) is 40.0 Å². The van der Waals surface area contributed by atoms with Crippen molar-refractivity contribution in [2.75, 3.05) is 4.90 Å². The number of furan rings is 1. The average Bonchev–Trinajstić information content (AvgIpc) is 3.74. The van der Waals surface area contributed by atoms with Crippen LogP contribution in [0, 0.1) is 5.92 Å². The third-order valence-corrected chi connectivity index (χ3v) is 11.1. The van der Waals surface area contributed by atoms with Gasteiger partial charge in [0.25, 0.3) is 0 Å². The van der Waals surface area contributed by atoms with Gasteiger partial charge in [-0.2, -0.15) is 0 Å². The molecule has 3 aliphatic carbocycles. The second-order valence-electron chi connectivity index (χ2n) is 14.3. The van der Waals surface area contributed by atoms with Crippen molar-refractivity contribution in [3.63, 3.8) is 0 Å². The monoisotopic (exact) mass is 662 g/mol. The minimum Gasteiger partial charge on any atom is -0.456 e. The molecule has 0 saturated carbocycles. The summed E-state index contributed by atoms with van der Waals surface area (Å²) in [6, 6.07) is 32.8. The Bertz CT molecular complexity index is 2470. The Morgan fingerprint density at radius 2 is 1.47 bits per heavy atom. The molecule has 0 N–H and O–H groups in total. The molecule has 248 valence electrons. The fourth-order valence-electron chi connectivity index (χ4n) is 8.58. The van der Waals surface area contributed by atoms with Gasteiger partial charge >= 0.3 is 0 Å². The average molecular weight is 663 g/mol. The maximum absolute atomic E-state index is 6.66. The van der Waals surface area contributed by atoms with E-state index in [0.29, 0.717) is 23.6 Å². The molecular formula is C46H38N4O. The van der Waals surface area contributed by atoms with Gasteiger partial charge in [0.05, 0.1) is 17.1 Å². The van der Waals surface area contributed by atoms with Crippen LogP contribution in [0.3, 0.4) is 0 Å². The van der Waals surface area contributed by atoms with Crippen molar-refractivity contribution in [1.29, 1.82) is 0 Å². The fourth-order valence-corrected chi connectivity index (χ4v) is 8.58. The Hall–Kier alpha value is -5.81. The molecule has 51 heavy (non-hydrogen) atoms. The zero-order valence-electron chi connectivity index (χ0n) is 28.6. The van der Waals surface area contributed by atoms with Crippen LogP contribution in [0.15, 0.2) is 150 Å². The van der Waals surface area contributed by atoms with E-state index in [-0.39, 0.29) is 12.0 Å². The lowest BCUT2D eigenvalue weighted by Crippen LogP contribution is -2.31. The molecule has 2 aromatic heterocycles. The fraction of sp³-hybridized carbons (Fsp3) is 0.196. The van der Waals surface area contributed by atoms with Gasteiger partial charge in [-0.3, -0.25) is 0 Å². The van der Waals surface area contributed by atoms with Crippen LogP contribution in [-0.2, 0) is 0 Å². The van der Waals surface area contributed by atoms with Crippen molar-refractivity contribution in [3.05, 3.63) is 168 Å². The van der Waals surface area contributed by atoms with E-state index >= 15 is 0 Å². The van der Waals surface area contributed by atoms with E-state index in [4.69, 9.17) is 19.4 Å². The first-order valence-electron chi connectivity index (χ1n) is 18.2. The van der Waals surface area contributed by atoms with Gasteiger partial charge in [-0.25, -0.2) is 15.0 Å². The molecule has 0 radical (unpaired) electrons. The lowest BCUT2D eigenvalue weighted by Gasteiger charge is -2.33. The molecule has 5 unspecified atom stereocenters. The minimum atomic E-state index is 0.0919. The number of benzene rings is 4. The van der Waals surface area contributed by atoms with Crippen molar-refractivity contribution in [1.82, 2.24) is 15.0 Å². The summed E-state index contributed by atoms with van der Waals surface area (Å²) in [6.45, 7) is 2.24. The molecule has 0 amide bonds. The van der Waals surface area contributed by atoms with E-state index in [1.54, 1.807) is 0 Å². The predicted molar refractivity (Wildman–Crippen MR) is 207 cm³/mol. The highest BCUT2D eigenvalue weighted by Crippen LogP contribution is 2.54. The van der Waals surface area contributed by atoms with E-state index in [0.717, 1.165) is 69.7 Å². The Kier molecular flexibility index (Phi) is 7.19. The standard InChI is InChI=1S/C46H38N4O/c1-29-22-24-32(25-23-29)45-47-44(31-14-6-3-7-15-31)48-46(49-45)35-17-10-20-40-42(35)43-39(19-11-21-41(43)51-40)50-37-18-9-8-16-34(37)36-28-33(26-27-38(36)50)30-12-4-2-5-13-30/h2-14,16-22,24-27,29,31,33,36,38H,15,23,28H2,1H3. The molecule has 5 heteroatoms. The summed E-state index contributed by atoms with van der Waals surface area (Å²) >= 11 is 0. The largest absolute Gasteiger partial charge is 0.456 e. The summed E-state index contributed by atoms with van der Waals surface area (Å²) in [7, 11) is 0. The normalized spacial score (nSPS) is 23.5. The number of aromatic nitrogens is 3. The molecule has 0 spiro atoms. The van der Waals surface area contributed by atoms with Crippen LogP contribution in [0.25, 0.3) is 38.9 Å². The topological polar surface area (TPSA) is 55.1 Å². The molecular weight excluding hydrogens is 625 g/mol. The maximum Gasteiger partial charge on any atom is 0.164 e. The van der Waals surface area contributed by atoms with E-state index in [9.17, 15) is 0 Å². The zero-order valence-corrected chi connectivity index (χ0v) is 28.6. The number of allylic oxidation sites excluding steroid dienone is 9. The number of anilines is 2. The van der Waals surface area contributed by atoms with Crippen molar-refractivity contribution in [3.8, 4) is 11.4 Å². The number of hydrogen-bond donors (Lipinski definition) is 0. The van der Waals surface area contributed by atoms with Crippen molar-refractivity contribution in [2.45, 2.75) is 50.0 Å². The molecule has 3 heterocycles. The summed E-state index contributed by atoms with van der Waals surface area (Å²) in [5, 5.41) is 2.13. The van der Waals surface area contributed by atoms with E-state index < -0.39 is 0 Å². The molecule has 4 aromatic carbocycles. The van der Waals surface area contributed by atoms with Gasteiger partial charge in [0.2, 0.25) is 0 Å². The second-order valence-corrected chi connectivity index (χ2v) is 14.3. The first kappa shape index (κ1) is 30.1. The summed E-state index contributed by atoms with van der Waals surface area (Å²) in [5.74, 6) is 3.55. The molecule has 5 nitrogen and oxygen atoms in total. The zero-order chi connectivity index (χ0) is 33.9. The van der Waals surface area contributed by atoms with Crippen LogP contribution in [0.5, 0.6) is 0 Å². The summed E-state index contributed by atoms with van der Waals surface area (Å²) in [5.41, 5.74) is 8.88. The number of hydrogen-bond acceptors (Lipinski definition) is 5. The number of nitrogens with zero attached hydrogens (tertiary/aromatic N) is 4. The van der Waals surface area contributed by atoms with E-state index in [1.807, 2.05) is 0 Å². The molecule has 5 atom stereocenters. The van der Waals surface area contributed by atoms with Gasteiger partial charge in [0.1, 0.15) is 17.0 Å². The highest BCUT2D eigenvalue weighted by molar-refractivity contribution is 6.17. The number of para-hydroxylation sites is 1. The SMILES string of the molecule is CC1C=CC(c2nc(-c3cccc4oc5cccc(N6c7ccccc7C7CC(c8ccccc8)C=CC76)c5c34)nc(C3C=CC=CC3)n2)=CC1. The quantitative estimate of drug-likeness (QED) is 0.172. The van der Waals surface area contributed by atoms with Gasteiger partial charge in [-0.1, -0.05) is 128 Å². The van der Waals surface area contributed by atoms with Gasteiger partial charge in [-0.05, 0) is 60.6 Å². The molecule has 4 aliphatic rings. The second kappa shape index (κ2) is 12.2. The summed E-state index contributed by atoms with van der Waals surface area (Å²) in [4.78, 5) is 18.0. The number of rotatable bonds is 5. The van der Waals surface area contributed by atoms with Crippen molar-refractivity contribution in [2.24, 2.45) is 5.92 Å². The van der Waals surface area contributed by atoms with Crippen LogP contribution in [0.2, 0.25) is 0 Å². The molecule has 0 bridgehead atoms. The van der Waals surface area contributed by atoms with E-state index in [2.05, 4.69) is 158 Å². The number of fused-ring (bicyclic) bond motifs is 6. The van der Waals surface area contributed by atoms with Crippen LogP contribution in [0.4, 0.5) is 11.4 Å². The Morgan fingerprint density at radius 1 is 0.667 bits per heavy atom. The van der Waals surface area contributed by atoms with Crippen LogP contribution < -0.4 is 4.90 Å². The molecule has 0 saturated heterocycles. The van der Waals surface area contributed by atoms with E-state index in [1.165, 1.54) is 16.8 Å². The van der Waals surface area contributed by atoms with Gasteiger partial charge < -0.3 is 9.32 Å². The third-order valence-electron chi connectivity index (χ3n) is 11.1. The predicted octanol–water partition coefficient (Wildman–Crippen LogP) is 11.4. The third kappa shape index (κ3) is 5.10. The first-order valence-corrected chi connectivity index (χ1v) is 18.2. The van der Waals surface area contributed by atoms with Crippen molar-refractivity contribution >= 4 is 38.9 Å². The highest BCUT2D eigenvalue weighted by atomic mass is 16.3. The Balaban J connectivity index is 1.16. The minimum absolute atomic E-state index is 0.0919. The first-order chi connectivity index (χ1) is 25.2. The van der Waals surface area contributed by atoms with Crippen LogP contribution >= 0.6 is 0 Å². The van der Waals surface area contributed by atoms with Gasteiger partial charge in [-0.15, -0.1) is 0 Å². The molecule has 6 aromatic rings. The van der Waals surface area contributed by atoms with Gasteiger partial charge in [0.15, 0.2) is 11.6 Å². The molecule has 10 rings (SSSR count). The maximum atomic E-state index is 6.66. The smallest absolute Gasteiger partial charge is 0.164 e. The Morgan fingerprint density at radius 3 is 2.31 bits per heavy atom.